The van der Waals surface area contributed by atoms with Crippen LogP contribution in [-0.4, -0.2) is 26.4 Å². The summed E-state index contributed by atoms with van der Waals surface area (Å²) in [5.41, 5.74) is 5.47. The maximum Gasteiger partial charge on any atom is 0.327 e. The Hall–Kier alpha value is 0.110. The molecule has 5 heteroatoms. The lowest BCUT2D eigenvalue weighted by Gasteiger charge is -2.36. The van der Waals surface area contributed by atoms with Gasteiger partial charge in [0.1, 0.15) is 0 Å². The molecule has 0 bridgehead atoms. The monoisotopic (exact) mass is 193 g/mol. The molecule has 0 aromatic heterocycles. The van der Waals surface area contributed by atoms with Crippen LogP contribution in [0, 0.1) is 5.41 Å². The molecule has 0 saturated carbocycles. The lowest BCUT2D eigenvalue weighted by molar-refractivity contribution is 0.0224. The number of hydrogen-bond acceptors (Lipinski definition) is 4. The van der Waals surface area contributed by atoms with Crippen molar-refractivity contribution >= 4 is 7.60 Å². The first-order valence-corrected chi connectivity index (χ1v) is 6.09. The number of hydrogen-bond donors (Lipinski definition) is 1. The van der Waals surface area contributed by atoms with E-state index in [1.54, 1.807) is 0 Å². The van der Waals surface area contributed by atoms with Gasteiger partial charge in [-0.3, -0.25) is 4.57 Å². The van der Waals surface area contributed by atoms with Crippen molar-refractivity contribution in [3.05, 3.63) is 0 Å². The third-order valence-corrected chi connectivity index (χ3v) is 3.59. The summed E-state index contributed by atoms with van der Waals surface area (Å²) in [6.45, 7) is 4.94. The van der Waals surface area contributed by atoms with Gasteiger partial charge >= 0.3 is 7.60 Å². The molecule has 0 radical (unpaired) electrons. The molecule has 1 fully saturated rings. The molecule has 0 unspecified atom stereocenters. The van der Waals surface area contributed by atoms with Gasteiger partial charge in [-0.05, 0) is 6.42 Å². The summed E-state index contributed by atoms with van der Waals surface area (Å²) in [6, 6.07) is 0. The molecule has 1 heterocycles. The molecule has 1 aliphatic heterocycles. The molecule has 0 aliphatic carbocycles. The molecule has 0 aromatic rings. The third-order valence-electron chi connectivity index (χ3n) is 2.39. The Labute approximate surface area is 73.0 Å². The fourth-order valence-corrected chi connectivity index (χ4v) is 2.14. The van der Waals surface area contributed by atoms with Crippen molar-refractivity contribution in [3.8, 4) is 0 Å². The zero-order valence-corrected chi connectivity index (χ0v) is 8.47. The molecule has 0 atom stereocenters. The minimum atomic E-state index is -2.75. The van der Waals surface area contributed by atoms with Crippen molar-refractivity contribution in [2.24, 2.45) is 11.1 Å². The van der Waals surface area contributed by atoms with E-state index in [-0.39, 0.29) is 5.41 Å². The predicted molar refractivity (Wildman–Crippen MR) is 47.2 cm³/mol. The zero-order valence-electron chi connectivity index (χ0n) is 7.58. The average molecular weight is 193 g/mol. The number of nitrogens with two attached hydrogens (primary N) is 1. The van der Waals surface area contributed by atoms with Crippen molar-refractivity contribution in [1.29, 1.82) is 0 Å². The van der Waals surface area contributed by atoms with Crippen molar-refractivity contribution in [2.75, 3.05) is 26.4 Å². The van der Waals surface area contributed by atoms with Gasteiger partial charge in [0.15, 0.2) is 0 Å². The molecule has 0 amide bonds. The summed E-state index contributed by atoms with van der Waals surface area (Å²) >= 11 is 0. The maximum atomic E-state index is 11.3. The van der Waals surface area contributed by atoms with Crippen molar-refractivity contribution in [3.63, 3.8) is 0 Å². The quantitative estimate of drug-likeness (QED) is 0.669. The van der Waals surface area contributed by atoms with Crippen LogP contribution in [0.1, 0.15) is 13.3 Å². The van der Waals surface area contributed by atoms with Gasteiger partial charge in [0.2, 0.25) is 0 Å². The molecule has 4 nitrogen and oxygen atoms in total. The van der Waals surface area contributed by atoms with Crippen LogP contribution in [0.4, 0.5) is 0 Å². The summed E-state index contributed by atoms with van der Waals surface area (Å²) < 4.78 is 21.5. The Morgan fingerprint density at radius 3 is 2.33 bits per heavy atom. The van der Waals surface area contributed by atoms with Gasteiger partial charge < -0.3 is 14.8 Å². The first kappa shape index (κ1) is 10.2. The van der Waals surface area contributed by atoms with Gasteiger partial charge in [-0.1, -0.05) is 6.92 Å². The van der Waals surface area contributed by atoms with E-state index in [1.807, 2.05) is 6.92 Å². The predicted octanol–water partition coefficient (Wildman–Crippen LogP) is 1.21. The second kappa shape index (κ2) is 3.46. The minimum absolute atomic E-state index is 0.121. The van der Waals surface area contributed by atoms with E-state index >= 15 is 0 Å². The second-order valence-electron chi connectivity index (χ2n) is 3.38. The summed E-state index contributed by atoms with van der Waals surface area (Å²) in [5, 5.41) is 0. The van der Waals surface area contributed by atoms with Crippen LogP contribution in [-0.2, 0) is 13.6 Å². The zero-order chi connectivity index (χ0) is 9.24. The molecule has 0 spiro atoms. The van der Waals surface area contributed by atoms with Gasteiger partial charge in [-0.25, -0.2) is 0 Å². The smallest absolute Gasteiger partial charge is 0.327 e. The molecule has 2 N–H and O–H groups in total. The van der Waals surface area contributed by atoms with Crippen LogP contribution in [0.5, 0.6) is 0 Å². The molecule has 12 heavy (non-hydrogen) atoms. The lowest BCUT2D eigenvalue weighted by Crippen LogP contribution is -2.41. The first-order valence-electron chi connectivity index (χ1n) is 4.10. The summed E-state index contributed by atoms with van der Waals surface area (Å²) in [4.78, 5) is 0. The summed E-state index contributed by atoms with van der Waals surface area (Å²) in [7, 11) is -2.75. The van der Waals surface area contributed by atoms with E-state index < -0.39 is 7.60 Å². The van der Waals surface area contributed by atoms with E-state index in [0.717, 1.165) is 6.42 Å². The lowest BCUT2D eigenvalue weighted by atomic mass is 9.87. The van der Waals surface area contributed by atoms with E-state index in [0.29, 0.717) is 19.8 Å². The van der Waals surface area contributed by atoms with Crippen molar-refractivity contribution < 1.29 is 13.6 Å². The normalized spacial score (nSPS) is 42.9. The molecule has 1 aliphatic rings. The Kier molecular flexibility index (Phi) is 2.94. The SMILES string of the molecule is CCC1(CN)COP(C)(=O)OC1. The first-order chi connectivity index (χ1) is 5.54. The second-order valence-corrected chi connectivity index (χ2v) is 5.43. The molecular weight excluding hydrogens is 177 g/mol. The third kappa shape index (κ3) is 2.07. The minimum Gasteiger partial charge on any atom is -0.330 e. The van der Waals surface area contributed by atoms with Crippen LogP contribution < -0.4 is 5.73 Å². The Morgan fingerprint density at radius 2 is 2.00 bits per heavy atom. The molecule has 72 valence electrons. The number of rotatable bonds is 2. The Bertz CT molecular complexity index is 189. The highest BCUT2D eigenvalue weighted by Crippen LogP contribution is 2.50. The topological polar surface area (TPSA) is 61.5 Å². The van der Waals surface area contributed by atoms with Crippen LogP contribution in [0.2, 0.25) is 0 Å². The van der Waals surface area contributed by atoms with Crippen LogP contribution >= 0.6 is 7.60 Å². The van der Waals surface area contributed by atoms with Gasteiger partial charge in [0, 0.05) is 18.6 Å². The molecule has 1 rings (SSSR count). The fourth-order valence-electron chi connectivity index (χ4n) is 1.05. The Balaban J connectivity index is 2.59. The standard InChI is InChI=1S/C7H16NO3P/c1-3-7(4-8)5-10-12(2,9)11-6-7/h3-6,8H2,1-2H3. The van der Waals surface area contributed by atoms with Crippen molar-refractivity contribution in [2.45, 2.75) is 13.3 Å². The van der Waals surface area contributed by atoms with Gasteiger partial charge in [0.25, 0.3) is 0 Å². The van der Waals surface area contributed by atoms with Crippen LogP contribution in [0.15, 0.2) is 0 Å². The maximum absolute atomic E-state index is 11.3. The molecule has 1 saturated heterocycles. The highest BCUT2D eigenvalue weighted by molar-refractivity contribution is 7.53. The largest absolute Gasteiger partial charge is 0.330 e. The molecular formula is C7H16NO3P. The van der Waals surface area contributed by atoms with Crippen LogP contribution in [0.3, 0.4) is 0 Å². The van der Waals surface area contributed by atoms with Crippen molar-refractivity contribution in [1.82, 2.24) is 0 Å². The van der Waals surface area contributed by atoms with E-state index in [1.165, 1.54) is 6.66 Å². The highest BCUT2D eigenvalue weighted by Gasteiger charge is 2.37. The van der Waals surface area contributed by atoms with Gasteiger partial charge in [0.05, 0.1) is 13.2 Å². The summed E-state index contributed by atoms with van der Waals surface area (Å²) in [5.74, 6) is 0. The van der Waals surface area contributed by atoms with E-state index in [2.05, 4.69) is 0 Å². The molecule has 0 aromatic carbocycles. The van der Waals surface area contributed by atoms with E-state index in [4.69, 9.17) is 14.8 Å². The van der Waals surface area contributed by atoms with Crippen LogP contribution in [0.25, 0.3) is 0 Å². The average Bonchev–Trinajstić information content (AvgIpc) is 2.06. The van der Waals surface area contributed by atoms with E-state index in [9.17, 15) is 4.57 Å². The highest BCUT2D eigenvalue weighted by atomic mass is 31.2. The van der Waals surface area contributed by atoms with Gasteiger partial charge in [-0.15, -0.1) is 0 Å². The summed E-state index contributed by atoms with van der Waals surface area (Å²) in [6.07, 6.45) is 0.892. The van der Waals surface area contributed by atoms with Gasteiger partial charge in [-0.2, -0.15) is 0 Å². The fraction of sp³-hybridized carbons (Fsp3) is 1.00. The Morgan fingerprint density at radius 1 is 1.50 bits per heavy atom.